The van der Waals surface area contributed by atoms with Crippen molar-refractivity contribution in [1.82, 2.24) is 9.38 Å². The smallest absolute Gasteiger partial charge is 0.305 e. The summed E-state index contributed by atoms with van der Waals surface area (Å²) in [4.78, 5) is 16.5. The Balaban J connectivity index is 2.42. The number of nitrogens with zero attached hydrogens (tertiary/aromatic N) is 4. The fourth-order valence-electron chi connectivity index (χ4n) is 1.75. The molecule has 1 N–H and O–H groups in total. The van der Waals surface area contributed by atoms with Gasteiger partial charge in [0.15, 0.2) is 11.5 Å². The second-order valence-electron chi connectivity index (χ2n) is 4.03. The van der Waals surface area contributed by atoms with Crippen molar-refractivity contribution in [3.05, 3.63) is 29.0 Å². The number of nitriles is 1. The molecule has 98 valence electrons. The molecule has 6 nitrogen and oxygen atoms in total. The Kier molecular flexibility index (Phi) is 3.58. The van der Waals surface area contributed by atoms with Gasteiger partial charge in [-0.05, 0) is 6.07 Å². The van der Waals surface area contributed by atoms with E-state index in [4.69, 9.17) is 16.7 Å². The minimum absolute atomic E-state index is 0.0179. The molecule has 0 aliphatic carbocycles. The lowest BCUT2D eigenvalue weighted by molar-refractivity contribution is -0.136. The molecule has 0 radical (unpaired) electrons. The predicted octanol–water partition coefficient (Wildman–Crippen LogP) is 1.77. The number of halogens is 1. The Labute approximate surface area is 114 Å². The zero-order valence-corrected chi connectivity index (χ0v) is 10.9. The number of aliphatic carboxylic acids is 1. The highest BCUT2D eigenvalue weighted by Crippen LogP contribution is 2.22. The second-order valence-corrected chi connectivity index (χ2v) is 4.47. The van der Waals surface area contributed by atoms with Gasteiger partial charge in [-0.2, -0.15) is 5.26 Å². The van der Waals surface area contributed by atoms with Gasteiger partial charge in [0.25, 0.3) is 0 Å². The number of aromatic nitrogens is 2. The van der Waals surface area contributed by atoms with E-state index >= 15 is 0 Å². The largest absolute Gasteiger partial charge is 0.481 e. The zero-order chi connectivity index (χ0) is 14.0. The highest BCUT2D eigenvalue weighted by Gasteiger charge is 2.16. The predicted molar refractivity (Wildman–Crippen MR) is 70.4 cm³/mol. The standard InChI is InChI=1S/C12H11ClN4O2/c1-16(4-3-11(18)19)12-9(7-14)17-5-2-8(13)6-10(17)15-12/h2,5-6H,3-4H2,1H3,(H,18,19). The monoisotopic (exact) mass is 278 g/mol. The van der Waals surface area contributed by atoms with E-state index in [2.05, 4.69) is 11.1 Å². The number of hydrogen-bond donors (Lipinski definition) is 1. The van der Waals surface area contributed by atoms with Crippen LogP contribution in [0, 0.1) is 11.3 Å². The fourth-order valence-corrected chi connectivity index (χ4v) is 1.90. The highest BCUT2D eigenvalue weighted by atomic mass is 35.5. The summed E-state index contributed by atoms with van der Waals surface area (Å²) in [6.45, 7) is 0.279. The molecule has 2 aromatic heterocycles. The van der Waals surface area contributed by atoms with Gasteiger partial charge in [-0.25, -0.2) is 4.98 Å². The third kappa shape index (κ3) is 2.61. The number of carboxylic acids is 1. The lowest BCUT2D eigenvalue weighted by atomic mass is 10.3. The van der Waals surface area contributed by atoms with Crippen LogP contribution in [0.5, 0.6) is 0 Å². The molecule has 2 heterocycles. The maximum absolute atomic E-state index is 10.6. The molecule has 0 saturated heterocycles. The average Bonchev–Trinajstić information content (AvgIpc) is 2.73. The van der Waals surface area contributed by atoms with Gasteiger partial charge < -0.3 is 10.0 Å². The average molecular weight is 279 g/mol. The van der Waals surface area contributed by atoms with E-state index in [-0.39, 0.29) is 13.0 Å². The Morgan fingerprint density at radius 1 is 1.68 bits per heavy atom. The van der Waals surface area contributed by atoms with Crippen LogP contribution in [0.1, 0.15) is 12.1 Å². The number of hydrogen-bond acceptors (Lipinski definition) is 4. The van der Waals surface area contributed by atoms with Crippen molar-refractivity contribution in [2.24, 2.45) is 0 Å². The Morgan fingerprint density at radius 2 is 2.42 bits per heavy atom. The second kappa shape index (κ2) is 5.16. The maximum atomic E-state index is 10.6. The highest BCUT2D eigenvalue weighted by molar-refractivity contribution is 6.30. The molecule has 0 atom stereocenters. The van der Waals surface area contributed by atoms with Crippen molar-refractivity contribution in [2.45, 2.75) is 6.42 Å². The van der Waals surface area contributed by atoms with Crippen molar-refractivity contribution in [1.29, 1.82) is 5.26 Å². The van der Waals surface area contributed by atoms with E-state index < -0.39 is 5.97 Å². The number of rotatable bonds is 4. The van der Waals surface area contributed by atoms with E-state index in [1.165, 1.54) is 0 Å². The van der Waals surface area contributed by atoms with Gasteiger partial charge >= 0.3 is 5.97 Å². The number of pyridine rings is 1. The lowest BCUT2D eigenvalue weighted by Gasteiger charge is -2.14. The van der Waals surface area contributed by atoms with Gasteiger partial charge in [0, 0.05) is 30.9 Å². The summed E-state index contributed by atoms with van der Waals surface area (Å²) in [5, 5.41) is 18.4. The normalized spacial score (nSPS) is 10.4. The molecule has 7 heteroatoms. The van der Waals surface area contributed by atoms with Gasteiger partial charge in [0.2, 0.25) is 0 Å². The molecule has 0 unspecified atom stereocenters. The Bertz CT molecular complexity index is 674. The van der Waals surface area contributed by atoms with Crippen LogP contribution in [0.2, 0.25) is 5.02 Å². The third-order valence-electron chi connectivity index (χ3n) is 2.70. The molecular formula is C12H11ClN4O2. The molecule has 0 aliphatic rings. The molecule has 19 heavy (non-hydrogen) atoms. The Hall–Kier alpha value is -2.26. The van der Waals surface area contributed by atoms with E-state index in [0.717, 1.165) is 0 Å². The van der Waals surface area contributed by atoms with Crippen LogP contribution in [0.3, 0.4) is 0 Å². The summed E-state index contributed by atoms with van der Waals surface area (Å²) in [7, 11) is 1.70. The van der Waals surface area contributed by atoms with E-state index in [1.807, 2.05) is 0 Å². The summed E-state index contributed by atoms with van der Waals surface area (Å²) >= 11 is 5.88. The number of anilines is 1. The lowest BCUT2D eigenvalue weighted by Crippen LogP contribution is -2.22. The van der Waals surface area contributed by atoms with Crippen molar-refractivity contribution in [2.75, 3.05) is 18.5 Å². The minimum Gasteiger partial charge on any atom is -0.481 e. The van der Waals surface area contributed by atoms with Crippen LogP contribution in [0.4, 0.5) is 5.82 Å². The number of carboxylic acid groups (broad SMARTS) is 1. The molecule has 2 rings (SSSR count). The number of fused-ring (bicyclic) bond motifs is 1. The van der Waals surface area contributed by atoms with Gasteiger partial charge in [0.1, 0.15) is 11.7 Å². The SMILES string of the molecule is CN(CCC(=O)O)c1nc2cc(Cl)ccn2c1C#N. The first-order chi connectivity index (χ1) is 9.02. The van der Waals surface area contributed by atoms with Crippen LogP contribution >= 0.6 is 11.6 Å². The molecule has 0 saturated carbocycles. The summed E-state index contributed by atoms with van der Waals surface area (Å²) in [5.41, 5.74) is 0.917. The van der Waals surface area contributed by atoms with Crippen LogP contribution in [0.25, 0.3) is 5.65 Å². The molecule has 0 spiro atoms. The first-order valence-corrected chi connectivity index (χ1v) is 5.91. The van der Waals surface area contributed by atoms with Crippen molar-refractivity contribution >= 4 is 29.0 Å². The molecule has 0 bridgehead atoms. The summed E-state index contributed by atoms with van der Waals surface area (Å²) in [6, 6.07) is 5.39. The number of carbonyl (C=O) groups is 1. The van der Waals surface area contributed by atoms with Crippen LogP contribution in [0.15, 0.2) is 18.3 Å². The van der Waals surface area contributed by atoms with Gasteiger partial charge in [-0.15, -0.1) is 0 Å². The third-order valence-corrected chi connectivity index (χ3v) is 2.93. The van der Waals surface area contributed by atoms with E-state index in [0.29, 0.717) is 22.2 Å². The van der Waals surface area contributed by atoms with Gasteiger partial charge in [-0.1, -0.05) is 11.6 Å². The Morgan fingerprint density at radius 3 is 3.05 bits per heavy atom. The maximum Gasteiger partial charge on any atom is 0.305 e. The van der Waals surface area contributed by atoms with Gasteiger partial charge in [0.05, 0.1) is 6.42 Å². The van der Waals surface area contributed by atoms with Crippen molar-refractivity contribution < 1.29 is 9.90 Å². The molecule has 0 fully saturated rings. The molecule has 0 aliphatic heterocycles. The molecule has 0 amide bonds. The topological polar surface area (TPSA) is 81.6 Å². The minimum atomic E-state index is -0.892. The van der Waals surface area contributed by atoms with E-state index in [1.54, 1.807) is 34.7 Å². The molecule has 2 aromatic rings. The van der Waals surface area contributed by atoms with E-state index in [9.17, 15) is 10.1 Å². The first-order valence-electron chi connectivity index (χ1n) is 5.53. The van der Waals surface area contributed by atoms with Crippen molar-refractivity contribution in [3.8, 4) is 6.07 Å². The zero-order valence-electron chi connectivity index (χ0n) is 10.2. The van der Waals surface area contributed by atoms with Gasteiger partial charge in [-0.3, -0.25) is 9.20 Å². The molecular weight excluding hydrogens is 268 g/mol. The van der Waals surface area contributed by atoms with Crippen LogP contribution < -0.4 is 4.90 Å². The number of imidazole rings is 1. The van der Waals surface area contributed by atoms with Crippen molar-refractivity contribution in [3.63, 3.8) is 0 Å². The first kappa shape index (κ1) is 13.2. The fraction of sp³-hybridized carbons (Fsp3) is 0.250. The van der Waals surface area contributed by atoms with Crippen LogP contribution in [-0.4, -0.2) is 34.1 Å². The summed E-state index contributed by atoms with van der Waals surface area (Å²) in [6.07, 6.45) is 1.65. The summed E-state index contributed by atoms with van der Waals surface area (Å²) < 4.78 is 1.62. The quantitative estimate of drug-likeness (QED) is 0.922. The van der Waals surface area contributed by atoms with Crippen LogP contribution in [-0.2, 0) is 4.79 Å². The molecule has 0 aromatic carbocycles. The summed E-state index contributed by atoms with van der Waals surface area (Å²) in [5.74, 6) is -0.441.